The molecule has 2 aromatic heterocycles. The molecule has 2 fully saturated rings. The van der Waals surface area contributed by atoms with Gasteiger partial charge in [-0.15, -0.1) is 12.4 Å². The molecule has 2 atom stereocenters. The van der Waals surface area contributed by atoms with Crippen molar-refractivity contribution < 1.29 is 18.0 Å². The number of anilines is 2. The van der Waals surface area contributed by atoms with Gasteiger partial charge >= 0.3 is 0 Å². The number of piperidine rings is 1. The van der Waals surface area contributed by atoms with E-state index in [1.807, 2.05) is 18.7 Å². The number of rotatable bonds is 7. The fourth-order valence-corrected chi connectivity index (χ4v) is 4.77. The van der Waals surface area contributed by atoms with Crippen molar-refractivity contribution >= 4 is 24.3 Å². The highest BCUT2D eigenvalue weighted by molar-refractivity contribution is 5.85. The lowest BCUT2D eigenvalue weighted by atomic mass is 9.94. The topological polar surface area (TPSA) is 106 Å². The Morgan fingerprint density at radius 3 is 2.49 bits per heavy atom. The van der Waals surface area contributed by atoms with Gasteiger partial charge in [-0.25, -0.2) is 18.7 Å². The largest absolute Gasteiger partial charge is 0.490 e. The van der Waals surface area contributed by atoms with Gasteiger partial charge in [-0.05, 0) is 47.7 Å². The van der Waals surface area contributed by atoms with Crippen molar-refractivity contribution in [1.29, 1.82) is 0 Å². The summed E-state index contributed by atoms with van der Waals surface area (Å²) in [6.07, 6.45) is 5.22. The Morgan fingerprint density at radius 1 is 1.08 bits per heavy atom. The molecular weight excluding hydrogens is 504 g/mol. The summed E-state index contributed by atoms with van der Waals surface area (Å²) in [5.74, 6) is 1.76. The second kappa shape index (κ2) is 11.6. The van der Waals surface area contributed by atoms with Crippen molar-refractivity contribution in [3.05, 3.63) is 53.7 Å². The van der Waals surface area contributed by atoms with Crippen LogP contribution < -0.4 is 20.3 Å². The lowest BCUT2D eigenvalue weighted by molar-refractivity contribution is 0.221. The Bertz CT molecular complexity index is 1170. The maximum Gasteiger partial charge on any atom is 0.266 e. The summed E-state index contributed by atoms with van der Waals surface area (Å²) in [4.78, 5) is 17.4. The van der Waals surface area contributed by atoms with Crippen LogP contribution in [0.15, 0.2) is 35.1 Å². The van der Waals surface area contributed by atoms with Crippen molar-refractivity contribution in [3.8, 4) is 5.75 Å². The van der Waals surface area contributed by atoms with E-state index >= 15 is 0 Å². The van der Waals surface area contributed by atoms with Crippen LogP contribution in [0.3, 0.4) is 0 Å². The molecule has 3 aromatic rings. The molecule has 0 bridgehead atoms. The maximum absolute atomic E-state index is 14.3. The van der Waals surface area contributed by atoms with Gasteiger partial charge in [0.05, 0.1) is 19.0 Å². The molecule has 1 aromatic carbocycles. The first-order valence-electron chi connectivity index (χ1n) is 12.4. The minimum atomic E-state index is -0.476. The molecule has 0 spiro atoms. The van der Waals surface area contributed by atoms with Gasteiger partial charge in [0, 0.05) is 44.1 Å². The highest BCUT2D eigenvalue weighted by Crippen LogP contribution is 2.31. The molecule has 0 radical (unpaired) electrons. The first-order valence-corrected chi connectivity index (χ1v) is 12.4. The maximum atomic E-state index is 14.3. The third kappa shape index (κ3) is 6.10. The van der Waals surface area contributed by atoms with Gasteiger partial charge in [0.25, 0.3) is 5.95 Å². The van der Waals surface area contributed by atoms with Crippen LogP contribution in [0.5, 0.6) is 5.75 Å². The molecule has 9 nitrogen and oxygen atoms in total. The molecule has 37 heavy (non-hydrogen) atoms. The number of benzene rings is 1. The number of aromatic nitrogens is 4. The van der Waals surface area contributed by atoms with Crippen LogP contribution in [0.2, 0.25) is 0 Å². The third-order valence-electron chi connectivity index (χ3n) is 6.93. The van der Waals surface area contributed by atoms with Gasteiger partial charge in [-0.1, -0.05) is 13.8 Å². The minimum absolute atomic E-state index is 0. The zero-order chi connectivity index (χ0) is 25.2. The molecule has 2 aliphatic heterocycles. The zero-order valence-electron chi connectivity index (χ0n) is 20.9. The lowest BCUT2D eigenvalue weighted by Crippen LogP contribution is -2.36. The first-order chi connectivity index (χ1) is 17.4. The molecule has 0 saturated carbocycles. The molecule has 2 aliphatic rings. The Kier molecular flexibility index (Phi) is 8.43. The molecule has 0 aliphatic carbocycles. The molecule has 200 valence electrons. The SMILES string of the molecule is CC(C)c1nc(N2CCC(COc3cnc(N4C[C@H](c5cc(F)ccc5F)[C@@H](N)C4)nc3)CC2)no1.Cl. The Hall–Kier alpha value is -3.05. The fraction of sp³-hybridized carbons (Fsp3) is 0.520. The van der Waals surface area contributed by atoms with Gasteiger partial charge in [0.1, 0.15) is 11.6 Å². The molecule has 4 heterocycles. The monoisotopic (exact) mass is 535 g/mol. The number of halogens is 3. The van der Waals surface area contributed by atoms with Crippen LogP contribution in [0.4, 0.5) is 20.7 Å². The minimum Gasteiger partial charge on any atom is -0.490 e. The van der Waals surface area contributed by atoms with Crippen molar-refractivity contribution in [3.63, 3.8) is 0 Å². The molecule has 0 amide bonds. The average molecular weight is 536 g/mol. The quantitative estimate of drug-likeness (QED) is 0.482. The molecule has 2 N–H and O–H groups in total. The second-order valence-electron chi connectivity index (χ2n) is 9.89. The number of hydrogen-bond donors (Lipinski definition) is 1. The lowest BCUT2D eigenvalue weighted by Gasteiger charge is -2.30. The number of hydrogen-bond acceptors (Lipinski definition) is 9. The molecule has 0 unspecified atom stereocenters. The molecule has 5 rings (SSSR count). The van der Waals surface area contributed by atoms with Crippen LogP contribution in [-0.4, -0.2) is 58.9 Å². The third-order valence-corrected chi connectivity index (χ3v) is 6.93. The highest BCUT2D eigenvalue weighted by Gasteiger charge is 2.34. The van der Waals surface area contributed by atoms with Gasteiger partial charge in [-0.3, -0.25) is 0 Å². The summed E-state index contributed by atoms with van der Waals surface area (Å²) >= 11 is 0. The van der Waals surface area contributed by atoms with Gasteiger partial charge in [0.2, 0.25) is 11.8 Å². The van der Waals surface area contributed by atoms with Gasteiger partial charge in [-0.2, -0.15) is 4.98 Å². The van der Waals surface area contributed by atoms with E-state index in [0.717, 1.165) is 38.1 Å². The van der Waals surface area contributed by atoms with Crippen LogP contribution >= 0.6 is 12.4 Å². The molecule has 2 saturated heterocycles. The predicted octanol–water partition coefficient (Wildman–Crippen LogP) is 3.91. The number of ether oxygens (including phenoxy) is 1. The van der Waals surface area contributed by atoms with Crippen LogP contribution in [0.1, 0.15) is 50.0 Å². The van der Waals surface area contributed by atoms with E-state index in [-0.39, 0.29) is 35.8 Å². The fourth-order valence-electron chi connectivity index (χ4n) is 4.77. The van der Waals surface area contributed by atoms with Crippen molar-refractivity contribution in [2.75, 3.05) is 42.6 Å². The van der Waals surface area contributed by atoms with Crippen LogP contribution in [0.25, 0.3) is 0 Å². The van der Waals surface area contributed by atoms with E-state index in [1.165, 1.54) is 6.07 Å². The number of nitrogens with two attached hydrogens (primary N) is 1. The first kappa shape index (κ1) is 27.0. The second-order valence-corrected chi connectivity index (χ2v) is 9.89. The summed E-state index contributed by atoms with van der Waals surface area (Å²) < 4.78 is 39.2. The number of nitrogens with zero attached hydrogens (tertiary/aromatic N) is 6. The standard InChI is InChI=1S/C25H31F2N7O2.ClH/c1-15(2)23-31-25(32-36-23)33-7-5-16(6-8-33)14-35-18-10-29-24(30-11-18)34-12-20(22(28)13-34)19-9-17(26)3-4-21(19)27;/h3-4,9-11,15-16,20,22H,5-8,12-14,28H2,1-2H3;1H/t20-,22+;/m1./s1. The molecule has 12 heteroatoms. The Balaban J connectivity index is 0.00000320. The summed E-state index contributed by atoms with van der Waals surface area (Å²) in [6.45, 7) is 7.21. The predicted molar refractivity (Wildman–Crippen MR) is 137 cm³/mol. The summed E-state index contributed by atoms with van der Waals surface area (Å²) in [7, 11) is 0. The zero-order valence-corrected chi connectivity index (χ0v) is 21.7. The van der Waals surface area contributed by atoms with E-state index in [4.69, 9.17) is 15.0 Å². The van der Waals surface area contributed by atoms with Gasteiger partial charge in [0.15, 0.2) is 5.75 Å². The van der Waals surface area contributed by atoms with Crippen molar-refractivity contribution in [2.45, 2.75) is 44.6 Å². The van der Waals surface area contributed by atoms with E-state index in [2.05, 4.69) is 25.0 Å². The van der Waals surface area contributed by atoms with E-state index < -0.39 is 11.6 Å². The van der Waals surface area contributed by atoms with E-state index in [9.17, 15) is 8.78 Å². The van der Waals surface area contributed by atoms with E-state index in [1.54, 1.807) is 12.4 Å². The average Bonchev–Trinajstić information content (AvgIpc) is 3.52. The summed E-state index contributed by atoms with van der Waals surface area (Å²) in [6, 6.07) is 3.12. The van der Waals surface area contributed by atoms with Crippen molar-refractivity contribution in [2.24, 2.45) is 11.7 Å². The highest BCUT2D eigenvalue weighted by atomic mass is 35.5. The van der Waals surface area contributed by atoms with E-state index in [0.29, 0.717) is 49.2 Å². The summed E-state index contributed by atoms with van der Waals surface area (Å²) in [5.41, 5.74) is 6.54. The summed E-state index contributed by atoms with van der Waals surface area (Å²) in [5, 5.41) is 4.10. The smallest absolute Gasteiger partial charge is 0.266 e. The Morgan fingerprint density at radius 2 is 1.81 bits per heavy atom. The Labute approximate surface area is 220 Å². The van der Waals surface area contributed by atoms with Crippen molar-refractivity contribution in [1.82, 2.24) is 20.1 Å². The van der Waals surface area contributed by atoms with Gasteiger partial charge < -0.3 is 24.8 Å². The van der Waals surface area contributed by atoms with Crippen LogP contribution in [0, 0.1) is 17.6 Å². The molecular formula is C25H32ClF2N7O2. The van der Waals surface area contributed by atoms with Crippen LogP contribution in [-0.2, 0) is 0 Å². The normalized spacial score (nSPS) is 20.4.